The Morgan fingerprint density at radius 1 is 1.09 bits per heavy atom. The van der Waals surface area contributed by atoms with Crippen molar-refractivity contribution in [1.29, 1.82) is 0 Å². The monoisotopic (exact) mass is 336 g/mol. The Balaban J connectivity index is 1.65. The number of ether oxygens (including phenoxy) is 2. The standard InChI is InChI=1S/C16H20N2O4S/c1-23-10-15(19)17-5-2-6-18(8-7-17)16(20)12-3-4-13-14(9-12)22-11-21-13/h3-4,9H,2,5-8,10-11H2,1H3. The SMILES string of the molecule is CSCC(=O)N1CCCN(C(=O)c2ccc3c(c2)OCO3)CC1. The molecule has 1 fully saturated rings. The Labute approximate surface area is 139 Å². The Kier molecular flexibility index (Phi) is 4.95. The number of nitrogens with zero attached hydrogens (tertiary/aromatic N) is 2. The molecular formula is C16H20N2O4S. The topological polar surface area (TPSA) is 59.1 Å². The van der Waals surface area contributed by atoms with Crippen molar-refractivity contribution in [3.05, 3.63) is 23.8 Å². The van der Waals surface area contributed by atoms with Crippen LogP contribution in [0.2, 0.25) is 0 Å². The molecule has 2 aliphatic rings. The predicted octanol–water partition coefficient (Wildman–Crippen LogP) is 1.45. The molecule has 0 radical (unpaired) electrons. The highest BCUT2D eigenvalue weighted by Crippen LogP contribution is 2.32. The molecule has 23 heavy (non-hydrogen) atoms. The molecule has 2 amide bonds. The van der Waals surface area contributed by atoms with E-state index in [1.807, 2.05) is 16.1 Å². The van der Waals surface area contributed by atoms with Crippen molar-refractivity contribution in [2.24, 2.45) is 0 Å². The van der Waals surface area contributed by atoms with Crippen molar-refractivity contribution < 1.29 is 19.1 Å². The van der Waals surface area contributed by atoms with Gasteiger partial charge >= 0.3 is 0 Å². The smallest absolute Gasteiger partial charge is 0.254 e. The third-order valence-corrected chi connectivity index (χ3v) is 4.56. The summed E-state index contributed by atoms with van der Waals surface area (Å²) in [6, 6.07) is 5.26. The third-order valence-electron chi connectivity index (χ3n) is 4.02. The summed E-state index contributed by atoms with van der Waals surface area (Å²) in [7, 11) is 0. The fraction of sp³-hybridized carbons (Fsp3) is 0.500. The van der Waals surface area contributed by atoms with E-state index in [9.17, 15) is 9.59 Å². The lowest BCUT2D eigenvalue weighted by Crippen LogP contribution is -2.38. The van der Waals surface area contributed by atoms with Gasteiger partial charge in [-0.2, -0.15) is 11.8 Å². The molecule has 1 saturated heterocycles. The van der Waals surface area contributed by atoms with E-state index in [0.717, 1.165) is 6.42 Å². The number of carbonyl (C=O) groups is 2. The highest BCUT2D eigenvalue weighted by molar-refractivity contribution is 7.99. The van der Waals surface area contributed by atoms with E-state index in [2.05, 4.69) is 0 Å². The Hall–Kier alpha value is -1.89. The predicted molar refractivity (Wildman–Crippen MR) is 88.0 cm³/mol. The van der Waals surface area contributed by atoms with Crippen molar-refractivity contribution >= 4 is 23.6 Å². The molecule has 0 spiro atoms. The minimum atomic E-state index is -0.0255. The maximum atomic E-state index is 12.7. The lowest BCUT2D eigenvalue weighted by atomic mass is 10.1. The zero-order chi connectivity index (χ0) is 16.2. The van der Waals surface area contributed by atoms with Gasteiger partial charge in [0, 0.05) is 31.7 Å². The van der Waals surface area contributed by atoms with Crippen molar-refractivity contribution in [1.82, 2.24) is 9.80 Å². The van der Waals surface area contributed by atoms with Crippen molar-refractivity contribution in [2.75, 3.05) is 45.0 Å². The first kappa shape index (κ1) is 16.0. The van der Waals surface area contributed by atoms with Gasteiger partial charge in [-0.15, -0.1) is 0 Å². The number of carbonyl (C=O) groups excluding carboxylic acids is 2. The second kappa shape index (κ2) is 7.12. The molecule has 1 aromatic rings. The minimum absolute atomic E-state index is 0.0255. The summed E-state index contributed by atoms with van der Waals surface area (Å²) >= 11 is 1.53. The Bertz CT molecular complexity index is 608. The fourth-order valence-electron chi connectivity index (χ4n) is 2.80. The van der Waals surface area contributed by atoms with Crippen LogP contribution in [0.3, 0.4) is 0 Å². The molecular weight excluding hydrogens is 316 g/mol. The molecule has 3 rings (SSSR count). The van der Waals surface area contributed by atoms with Crippen LogP contribution in [0.25, 0.3) is 0 Å². The molecule has 2 heterocycles. The van der Waals surface area contributed by atoms with Crippen LogP contribution < -0.4 is 9.47 Å². The summed E-state index contributed by atoms with van der Waals surface area (Å²) in [4.78, 5) is 28.3. The summed E-state index contributed by atoms with van der Waals surface area (Å²) in [5.74, 6) is 1.90. The van der Waals surface area contributed by atoms with E-state index in [1.165, 1.54) is 11.8 Å². The second-order valence-electron chi connectivity index (χ2n) is 5.53. The van der Waals surface area contributed by atoms with Crippen LogP contribution in [0.5, 0.6) is 11.5 Å². The largest absolute Gasteiger partial charge is 0.454 e. The molecule has 0 atom stereocenters. The van der Waals surface area contributed by atoms with E-state index < -0.39 is 0 Å². The number of rotatable bonds is 3. The fourth-order valence-corrected chi connectivity index (χ4v) is 3.23. The molecule has 0 saturated carbocycles. The Morgan fingerprint density at radius 2 is 1.83 bits per heavy atom. The first-order valence-corrected chi connectivity index (χ1v) is 9.04. The van der Waals surface area contributed by atoms with Crippen molar-refractivity contribution in [3.8, 4) is 11.5 Å². The van der Waals surface area contributed by atoms with Gasteiger partial charge in [0.05, 0.1) is 5.75 Å². The van der Waals surface area contributed by atoms with Crippen LogP contribution in [0, 0.1) is 0 Å². The molecule has 0 unspecified atom stereocenters. The number of benzene rings is 1. The lowest BCUT2D eigenvalue weighted by Gasteiger charge is -2.22. The van der Waals surface area contributed by atoms with E-state index in [-0.39, 0.29) is 18.6 Å². The zero-order valence-corrected chi connectivity index (χ0v) is 13.9. The highest BCUT2D eigenvalue weighted by Gasteiger charge is 2.24. The van der Waals surface area contributed by atoms with Gasteiger partial charge in [0.2, 0.25) is 12.7 Å². The van der Waals surface area contributed by atoms with Crippen LogP contribution in [-0.2, 0) is 4.79 Å². The summed E-state index contributed by atoms with van der Waals surface area (Å²) in [6.45, 7) is 2.73. The van der Waals surface area contributed by atoms with Gasteiger partial charge in [-0.05, 0) is 30.9 Å². The van der Waals surface area contributed by atoms with Gasteiger partial charge in [0.1, 0.15) is 0 Å². The number of amides is 2. The summed E-state index contributed by atoms with van der Waals surface area (Å²) in [5, 5.41) is 0. The van der Waals surface area contributed by atoms with Crippen LogP contribution in [0.1, 0.15) is 16.8 Å². The molecule has 2 aliphatic heterocycles. The quantitative estimate of drug-likeness (QED) is 0.836. The molecule has 6 nitrogen and oxygen atoms in total. The molecule has 1 aromatic carbocycles. The van der Waals surface area contributed by atoms with Gasteiger partial charge in [-0.25, -0.2) is 0 Å². The third kappa shape index (κ3) is 3.55. The number of hydrogen-bond acceptors (Lipinski definition) is 5. The van der Waals surface area contributed by atoms with E-state index in [0.29, 0.717) is 49.0 Å². The molecule has 7 heteroatoms. The molecule has 0 aliphatic carbocycles. The molecule has 124 valence electrons. The summed E-state index contributed by atoms with van der Waals surface area (Å²) in [6.07, 6.45) is 2.72. The first-order chi connectivity index (χ1) is 11.2. The number of hydrogen-bond donors (Lipinski definition) is 0. The average molecular weight is 336 g/mol. The normalized spacial score (nSPS) is 17.1. The van der Waals surface area contributed by atoms with Crippen molar-refractivity contribution in [3.63, 3.8) is 0 Å². The van der Waals surface area contributed by atoms with E-state index in [1.54, 1.807) is 18.2 Å². The van der Waals surface area contributed by atoms with E-state index in [4.69, 9.17) is 9.47 Å². The van der Waals surface area contributed by atoms with Gasteiger partial charge in [0.25, 0.3) is 5.91 Å². The Morgan fingerprint density at radius 3 is 2.65 bits per heavy atom. The minimum Gasteiger partial charge on any atom is -0.454 e. The van der Waals surface area contributed by atoms with Crippen molar-refractivity contribution in [2.45, 2.75) is 6.42 Å². The van der Waals surface area contributed by atoms with Gasteiger partial charge < -0.3 is 19.3 Å². The number of fused-ring (bicyclic) bond motifs is 1. The van der Waals surface area contributed by atoms with Gasteiger partial charge in [0.15, 0.2) is 11.5 Å². The van der Waals surface area contributed by atoms with Crippen LogP contribution in [0.15, 0.2) is 18.2 Å². The zero-order valence-electron chi connectivity index (χ0n) is 13.1. The molecule has 0 N–H and O–H groups in total. The second-order valence-corrected chi connectivity index (χ2v) is 6.39. The highest BCUT2D eigenvalue weighted by atomic mass is 32.2. The molecule has 0 bridgehead atoms. The van der Waals surface area contributed by atoms with E-state index >= 15 is 0 Å². The molecule has 0 aromatic heterocycles. The maximum Gasteiger partial charge on any atom is 0.254 e. The maximum absolute atomic E-state index is 12.7. The van der Waals surface area contributed by atoms with Gasteiger partial charge in [-0.3, -0.25) is 9.59 Å². The summed E-state index contributed by atoms with van der Waals surface area (Å²) in [5.41, 5.74) is 0.596. The van der Waals surface area contributed by atoms with Crippen LogP contribution in [-0.4, -0.2) is 66.6 Å². The van der Waals surface area contributed by atoms with Gasteiger partial charge in [-0.1, -0.05) is 0 Å². The first-order valence-electron chi connectivity index (χ1n) is 7.64. The lowest BCUT2D eigenvalue weighted by molar-refractivity contribution is -0.128. The average Bonchev–Trinajstić information content (AvgIpc) is 2.88. The van der Waals surface area contributed by atoms with Crippen LogP contribution in [0.4, 0.5) is 0 Å². The number of thioether (sulfide) groups is 1. The summed E-state index contributed by atoms with van der Waals surface area (Å²) < 4.78 is 10.6. The van der Waals surface area contributed by atoms with Crippen LogP contribution >= 0.6 is 11.8 Å².